The van der Waals surface area contributed by atoms with E-state index in [1.165, 1.54) is 0 Å². The van der Waals surface area contributed by atoms with E-state index in [0.717, 1.165) is 17.7 Å². The molecule has 1 aromatic rings. The number of nitrogens with two attached hydrogens (primary N) is 1. The molecule has 0 bridgehead atoms. The fourth-order valence-corrected chi connectivity index (χ4v) is 1.21. The van der Waals surface area contributed by atoms with Crippen LogP contribution in [-0.2, 0) is 0 Å². The van der Waals surface area contributed by atoms with Crippen molar-refractivity contribution in [2.24, 2.45) is 5.73 Å². The average molecular weight is 203 g/mol. The van der Waals surface area contributed by atoms with Gasteiger partial charge >= 0.3 is 0 Å². The third-order valence-electron chi connectivity index (χ3n) is 2.08. The van der Waals surface area contributed by atoms with Crippen molar-refractivity contribution in [2.75, 3.05) is 6.61 Å². The van der Waals surface area contributed by atoms with Crippen LogP contribution in [0.4, 0.5) is 0 Å². The van der Waals surface area contributed by atoms with E-state index < -0.39 is 0 Å². The van der Waals surface area contributed by atoms with Gasteiger partial charge in [0.25, 0.3) is 0 Å². The van der Waals surface area contributed by atoms with Crippen molar-refractivity contribution >= 4 is 0 Å². The summed E-state index contributed by atoms with van der Waals surface area (Å²) in [6, 6.07) is 7.94. The van der Waals surface area contributed by atoms with Crippen LogP contribution in [0.15, 0.2) is 24.3 Å². The Morgan fingerprint density at radius 3 is 2.53 bits per heavy atom. The molecule has 0 aromatic heterocycles. The summed E-state index contributed by atoms with van der Waals surface area (Å²) in [4.78, 5) is 0. The topological polar surface area (TPSA) is 35.2 Å². The summed E-state index contributed by atoms with van der Waals surface area (Å²) in [5.74, 6) is 6.66. The quantitative estimate of drug-likeness (QED) is 0.602. The van der Waals surface area contributed by atoms with Crippen LogP contribution in [0.2, 0.25) is 0 Å². The second-order valence-corrected chi connectivity index (χ2v) is 3.38. The fourth-order valence-electron chi connectivity index (χ4n) is 1.21. The minimum absolute atomic E-state index is 0.0741. The first-order valence-electron chi connectivity index (χ1n) is 5.12. The van der Waals surface area contributed by atoms with Gasteiger partial charge in [-0.15, -0.1) is 11.8 Å². The Hall–Kier alpha value is -1.46. The Labute approximate surface area is 91.4 Å². The van der Waals surface area contributed by atoms with Gasteiger partial charge in [-0.1, -0.05) is 12.1 Å². The number of hydrogen-bond donors (Lipinski definition) is 1. The highest BCUT2D eigenvalue weighted by Crippen LogP contribution is 2.15. The molecule has 1 atom stereocenters. The molecular formula is C13H17NO. The molecule has 0 saturated carbocycles. The molecule has 80 valence electrons. The lowest BCUT2D eigenvalue weighted by atomic mass is 10.1. The predicted octanol–water partition coefficient (Wildman–Crippen LogP) is 2.50. The first-order valence-corrected chi connectivity index (χ1v) is 5.12. The van der Waals surface area contributed by atoms with E-state index in [2.05, 4.69) is 11.8 Å². The van der Waals surface area contributed by atoms with Gasteiger partial charge in [-0.2, -0.15) is 0 Å². The molecule has 0 aliphatic carbocycles. The van der Waals surface area contributed by atoms with E-state index in [1.54, 1.807) is 0 Å². The van der Waals surface area contributed by atoms with Crippen LogP contribution >= 0.6 is 0 Å². The maximum Gasteiger partial charge on any atom is 0.119 e. The van der Waals surface area contributed by atoms with Crippen LogP contribution in [0.25, 0.3) is 0 Å². The Kier molecular flexibility index (Phi) is 4.73. The zero-order valence-corrected chi connectivity index (χ0v) is 9.29. The first kappa shape index (κ1) is 11.6. The van der Waals surface area contributed by atoms with Crippen LogP contribution in [-0.4, -0.2) is 6.61 Å². The third kappa shape index (κ3) is 4.05. The fraction of sp³-hybridized carbons (Fsp3) is 0.385. The molecule has 0 amide bonds. The molecule has 0 aliphatic heterocycles. The molecule has 2 N–H and O–H groups in total. The molecule has 2 heteroatoms. The van der Waals surface area contributed by atoms with E-state index in [1.807, 2.05) is 38.1 Å². The van der Waals surface area contributed by atoms with E-state index in [-0.39, 0.29) is 6.04 Å². The van der Waals surface area contributed by atoms with Gasteiger partial charge in [0.1, 0.15) is 5.75 Å². The zero-order valence-electron chi connectivity index (χ0n) is 9.29. The Morgan fingerprint density at radius 1 is 1.33 bits per heavy atom. The highest BCUT2D eigenvalue weighted by Gasteiger charge is 1.98. The predicted molar refractivity (Wildman–Crippen MR) is 62.6 cm³/mol. The van der Waals surface area contributed by atoms with Gasteiger partial charge in [0, 0.05) is 12.5 Å². The maximum atomic E-state index is 5.74. The molecule has 0 unspecified atom stereocenters. The molecule has 15 heavy (non-hydrogen) atoms. The van der Waals surface area contributed by atoms with E-state index in [0.29, 0.717) is 6.61 Å². The van der Waals surface area contributed by atoms with Crippen molar-refractivity contribution in [3.63, 3.8) is 0 Å². The second kappa shape index (κ2) is 6.10. The van der Waals surface area contributed by atoms with E-state index in [9.17, 15) is 0 Å². The number of rotatable bonds is 4. The Balaban J connectivity index is 2.45. The lowest BCUT2D eigenvalue weighted by Crippen LogP contribution is -2.04. The van der Waals surface area contributed by atoms with Gasteiger partial charge in [-0.05, 0) is 31.5 Å². The summed E-state index contributed by atoms with van der Waals surface area (Å²) in [5.41, 5.74) is 6.87. The van der Waals surface area contributed by atoms with Crippen LogP contribution in [0.1, 0.15) is 31.9 Å². The van der Waals surface area contributed by atoms with Gasteiger partial charge in [-0.25, -0.2) is 0 Å². The van der Waals surface area contributed by atoms with Gasteiger partial charge < -0.3 is 10.5 Å². The Bertz CT molecular complexity index is 343. The molecular weight excluding hydrogens is 186 g/mol. The van der Waals surface area contributed by atoms with Crippen molar-refractivity contribution in [2.45, 2.75) is 26.3 Å². The summed E-state index contributed by atoms with van der Waals surface area (Å²) in [5, 5.41) is 0. The summed E-state index contributed by atoms with van der Waals surface area (Å²) in [6.45, 7) is 4.43. The van der Waals surface area contributed by atoms with Gasteiger partial charge in [0.05, 0.1) is 6.61 Å². The average Bonchev–Trinajstić information content (AvgIpc) is 2.25. The molecule has 0 saturated heterocycles. The molecule has 2 nitrogen and oxygen atoms in total. The summed E-state index contributed by atoms with van der Waals surface area (Å²) >= 11 is 0. The third-order valence-corrected chi connectivity index (χ3v) is 2.08. The maximum absolute atomic E-state index is 5.74. The highest BCUT2D eigenvalue weighted by molar-refractivity contribution is 5.28. The molecule has 0 spiro atoms. The number of hydrogen-bond acceptors (Lipinski definition) is 2. The Morgan fingerprint density at radius 2 is 2.00 bits per heavy atom. The molecule has 0 radical (unpaired) electrons. The lowest BCUT2D eigenvalue weighted by Gasteiger charge is -2.07. The summed E-state index contributed by atoms with van der Waals surface area (Å²) in [7, 11) is 0. The molecule has 0 fully saturated rings. The lowest BCUT2D eigenvalue weighted by molar-refractivity contribution is 0.327. The number of benzene rings is 1. The zero-order chi connectivity index (χ0) is 11.1. The molecule has 1 rings (SSSR count). The monoisotopic (exact) mass is 203 g/mol. The van der Waals surface area contributed by atoms with Crippen LogP contribution in [0.3, 0.4) is 0 Å². The summed E-state index contributed by atoms with van der Waals surface area (Å²) < 4.78 is 5.50. The van der Waals surface area contributed by atoms with E-state index >= 15 is 0 Å². The minimum atomic E-state index is 0.0741. The van der Waals surface area contributed by atoms with Crippen molar-refractivity contribution < 1.29 is 4.74 Å². The van der Waals surface area contributed by atoms with Gasteiger partial charge in [0.2, 0.25) is 0 Å². The van der Waals surface area contributed by atoms with Crippen molar-refractivity contribution in [3.05, 3.63) is 29.8 Å². The SMILES string of the molecule is CC#CCCOc1ccc([C@@H](C)N)cc1. The minimum Gasteiger partial charge on any atom is -0.493 e. The van der Waals surface area contributed by atoms with E-state index in [4.69, 9.17) is 10.5 Å². The van der Waals surface area contributed by atoms with Gasteiger partial charge in [-0.3, -0.25) is 0 Å². The second-order valence-electron chi connectivity index (χ2n) is 3.38. The van der Waals surface area contributed by atoms with Crippen molar-refractivity contribution in [1.29, 1.82) is 0 Å². The summed E-state index contributed by atoms with van der Waals surface area (Å²) in [6.07, 6.45) is 0.769. The van der Waals surface area contributed by atoms with Crippen molar-refractivity contribution in [3.8, 4) is 17.6 Å². The molecule has 0 heterocycles. The van der Waals surface area contributed by atoms with Crippen LogP contribution in [0.5, 0.6) is 5.75 Å². The first-order chi connectivity index (χ1) is 7.24. The standard InChI is InChI=1S/C13H17NO/c1-3-4-5-10-15-13-8-6-12(7-9-13)11(2)14/h6-9,11H,5,10,14H2,1-2H3/t11-/m1/s1. The van der Waals surface area contributed by atoms with Gasteiger partial charge in [0.15, 0.2) is 0 Å². The number of ether oxygens (including phenoxy) is 1. The normalized spacial score (nSPS) is 11.4. The molecule has 1 aromatic carbocycles. The smallest absolute Gasteiger partial charge is 0.119 e. The largest absolute Gasteiger partial charge is 0.493 e. The van der Waals surface area contributed by atoms with Crippen molar-refractivity contribution in [1.82, 2.24) is 0 Å². The van der Waals surface area contributed by atoms with Crippen LogP contribution in [0, 0.1) is 11.8 Å². The highest BCUT2D eigenvalue weighted by atomic mass is 16.5. The molecule has 0 aliphatic rings. The van der Waals surface area contributed by atoms with Crippen LogP contribution < -0.4 is 10.5 Å².